The summed E-state index contributed by atoms with van der Waals surface area (Å²) in [5.74, 6) is -0.257. The van der Waals surface area contributed by atoms with E-state index in [4.69, 9.17) is 0 Å². The molecule has 3 rings (SSSR count). The SMILES string of the molecule is CS(=O)(=O)N1CCCC(C(=O)NC2CCCc3ccccc32)C1. The summed E-state index contributed by atoms with van der Waals surface area (Å²) in [4.78, 5) is 12.6. The molecular formula is C17H24N2O3S. The van der Waals surface area contributed by atoms with Crippen molar-refractivity contribution in [3.05, 3.63) is 35.4 Å². The van der Waals surface area contributed by atoms with Crippen molar-refractivity contribution in [2.45, 2.75) is 38.1 Å². The summed E-state index contributed by atoms with van der Waals surface area (Å²) in [6, 6.07) is 8.31. The summed E-state index contributed by atoms with van der Waals surface area (Å²) >= 11 is 0. The molecule has 1 aromatic rings. The predicted molar refractivity (Wildman–Crippen MR) is 89.4 cm³/mol. The Balaban J connectivity index is 1.68. The zero-order chi connectivity index (χ0) is 16.4. The van der Waals surface area contributed by atoms with E-state index in [1.165, 1.54) is 21.7 Å². The van der Waals surface area contributed by atoms with Gasteiger partial charge in [0.25, 0.3) is 0 Å². The van der Waals surface area contributed by atoms with Crippen LogP contribution in [0.4, 0.5) is 0 Å². The second kappa shape index (κ2) is 6.61. The molecule has 5 nitrogen and oxygen atoms in total. The predicted octanol–water partition coefficient (Wildman–Crippen LogP) is 1.85. The molecule has 2 aliphatic rings. The smallest absolute Gasteiger partial charge is 0.224 e. The average Bonchev–Trinajstić information content (AvgIpc) is 2.54. The van der Waals surface area contributed by atoms with Crippen LogP contribution >= 0.6 is 0 Å². The number of nitrogens with zero attached hydrogens (tertiary/aromatic N) is 1. The van der Waals surface area contributed by atoms with Gasteiger partial charge in [-0.3, -0.25) is 4.79 Å². The van der Waals surface area contributed by atoms with E-state index < -0.39 is 10.0 Å². The van der Waals surface area contributed by atoms with Gasteiger partial charge in [0, 0.05) is 13.1 Å². The summed E-state index contributed by atoms with van der Waals surface area (Å²) in [6.45, 7) is 0.827. The van der Waals surface area contributed by atoms with Gasteiger partial charge >= 0.3 is 0 Å². The lowest BCUT2D eigenvalue weighted by Crippen LogP contribution is -2.46. The van der Waals surface area contributed by atoms with Crippen molar-refractivity contribution in [3.8, 4) is 0 Å². The summed E-state index contributed by atoms with van der Waals surface area (Å²) in [5, 5.41) is 3.16. The lowest BCUT2D eigenvalue weighted by atomic mass is 9.87. The molecular weight excluding hydrogens is 312 g/mol. The molecule has 0 aromatic heterocycles. The molecule has 2 atom stereocenters. The molecule has 1 N–H and O–H groups in total. The van der Waals surface area contributed by atoms with Crippen LogP contribution in [0.2, 0.25) is 0 Å². The van der Waals surface area contributed by atoms with Gasteiger partial charge in [0.1, 0.15) is 0 Å². The zero-order valence-electron chi connectivity index (χ0n) is 13.5. The maximum absolute atomic E-state index is 12.6. The van der Waals surface area contributed by atoms with Crippen LogP contribution in [-0.2, 0) is 21.2 Å². The lowest BCUT2D eigenvalue weighted by Gasteiger charge is -2.32. The van der Waals surface area contributed by atoms with Crippen molar-refractivity contribution in [3.63, 3.8) is 0 Å². The Kier molecular flexibility index (Phi) is 4.73. The van der Waals surface area contributed by atoms with Crippen molar-refractivity contribution < 1.29 is 13.2 Å². The van der Waals surface area contributed by atoms with Crippen LogP contribution in [0, 0.1) is 5.92 Å². The van der Waals surface area contributed by atoms with Crippen molar-refractivity contribution in [1.29, 1.82) is 0 Å². The summed E-state index contributed by atoms with van der Waals surface area (Å²) < 4.78 is 24.8. The van der Waals surface area contributed by atoms with Crippen molar-refractivity contribution in [2.24, 2.45) is 5.92 Å². The molecule has 126 valence electrons. The van der Waals surface area contributed by atoms with E-state index in [1.54, 1.807) is 0 Å². The van der Waals surface area contributed by atoms with Gasteiger partial charge in [0.2, 0.25) is 15.9 Å². The Hall–Kier alpha value is -1.40. The molecule has 1 aliphatic heterocycles. The first-order chi connectivity index (χ1) is 10.9. The number of amides is 1. The van der Waals surface area contributed by atoms with Crippen molar-refractivity contribution in [2.75, 3.05) is 19.3 Å². The molecule has 1 amide bonds. The molecule has 1 fully saturated rings. The first-order valence-electron chi connectivity index (χ1n) is 8.28. The number of sulfonamides is 1. The van der Waals surface area contributed by atoms with E-state index in [2.05, 4.69) is 17.4 Å². The van der Waals surface area contributed by atoms with E-state index in [0.717, 1.165) is 32.1 Å². The number of carbonyl (C=O) groups is 1. The van der Waals surface area contributed by atoms with Gasteiger partial charge in [-0.2, -0.15) is 0 Å². The number of benzene rings is 1. The third-order valence-electron chi connectivity index (χ3n) is 4.91. The second-order valence-electron chi connectivity index (χ2n) is 6.61. The monoisotopic (exact) mass is 336 g/mol. The van der Waals surface area contributed by atoms with E-state index in [-0.39, 0.29) is 17.9 Å². The number of fused-ring (bicyclic) bond motifs is 1. The fourth-order valence-electron chi connectivity index (χ4n) is 3.65. The maximum Gasteiger partial charge on any atom is 0.224 e. The number of rotatable bonds is 3. The number of hydrogen-bond donors (Lipinski definition) is 1. The van der Waals surface area contributed by atoms with Crippen LogP contribution in [0.3, 0.4) is 0 Å². The molecule has 1 aliphatic carbocycles. The van der Waals surface area contributed by atoms with Crippen LogP contribution in [0.5, 0.6) is 0 Å². The molecule has 1 saturated heterocycles. The van der Waals surface area contributed by atoms with Crippen LogP contribution in [0.25, 0.3) is 0 Å². The topological polar surface area (TPSA) is 66.5 Å². The number of aryl methyl sites for hydroxylation is 1. The van der Waals surface area contributed by atoms with E-state index in [1.807, 2.05) is 12.1 Å². The largest absolute Gasteiger partial charge is 0.349 e. The highest BCUT2D eigenvalue weighted by atomic mass is 32.2. The fraction of sp³-hybridized carbons (Fsp3) is 0.588. The summed E-state index contributed by atoms with van der Waals surface area (Å²) in [6.07, 6.45) is 5.80. The minimum Gasteiger partial charge on any atom is -0.349 e. The van der Waals surface area contributed by atoms with Crippen LogP contribution in [-0.4, -0.2) is 38.0 Å². The number of carbonyl (C=O) groups excluding carboxylic acids is 1. The highest BCUT2D eigenvalue weighted by Crippen LogP contribution is 2.30. The highest BCUT2D eigenvalue weighted by Gasteiger charge is 2.32. The Labute approximate surface area is 138 Å². The third kappa shape index (κ3) is 3.75. The van der Waals surface area contributed by atoms with Gasteiger partial charge in [-0.25, -0.2) is 12.7 Å². The van der Waals surface area contributed by atoms with Crippen molar-refractivity contribution in [1.82, 2.24) is 9.62 Å². The molecule has 0 radical (unpaired) electrons. The Bertz CT molecular complexity index is 687. The summed E-state index contributed by atoms with van der Waals surface area (Å²) in [7, 11) is -3.22. The lowest BCUT2D eigenvalue weighted by molar-refractivity contribution is -0.127. The highest BCUT2D eigenvalue weighted by molar-refractivity contribution is 7.88. The third-order valence-corrected chi connectivity index (χ3v) is 6.18. The Morgan fingerprint density at radius 1 is 1.22 bits per heavy atom. The second-order valence-corrected chi connectivity index (χ2v) is 8.59. The molecule has 0 bridgehead atoms. The van der Waals surface area contributed by atoms with Gasteiger partial charge in [0.15, 0.2) is 0 Å². The maximum atomic E-state index is 12.6. The molecule has 23 heavy (non-hydrogen) atoms. The zero-order valence-corrected chi connectivity index (χ0v) is 14.3. The van der Waals surface area contributed by atoms with E-state index in [0.29, 0.717) is 13.1 Å². The number of nitrogens with one attached hydrogen (secondary N) is 1. The molecule has 2 unspecified atom stereocenters. The number of hydrogen-bond acceptors (Lipinski definition) is 3. The molecule has 6 heteroatoms. The van der Waals surface area contributed by atoms with Gasteiger partial charge in [0.05, 0.1) is 18.2 Å². The minimum atomic E-state index is -3.22. The van der Waals surface area contributed by atoms with E-state index in [9.17, 15) is 13.2 Å². The van der Waals surface area contributed by atoms with Crippen LogP contribution in [0.15, 0.2) is 24.3 Å². The van der Waals surface area contributed by atoms with Crippen LogP contribution < -0.4 is 5.32 Å². The normalized spacial score (nSPS) is 25.6. The molecule has 1 aromatic carbocycles. The number of piperidine rings is 1. The van der Waals surface area contributed by atoms with E-state index >= 15 is 0 Å². The van der Waals surface area contributed by atoms with Gasteiger partial charge in [-0.1, -0.05) is 24.3 Å². The van der Waals surface area contributed by atoms with Gasteiger partial charge in [-0.15, -0.1) is 0 Å². The summed E-state index contributed by atoms with van der Waals surface area (Å²) in [5.41, 5.74) is 2.52. The standard InChI is InChI=1S/C17H24N2O3S/c1-23(21,22)19-11-5-8-14(12-19)17(20)18-16-10-4-7-13-6-2-3-9-15(13)16/h2-3,6,9,14,16H,4-5,7-8,10-12H2,1H3,(H,18,20). The van der Waals surface area contributed by atoms with Crippen LogP contribution in [0.1, 0.15) is 42.9 Å². The molecule has 0 spiro atoms. The Morgan fingerprint density at radius 3 is 2.78 bits per heavy atom. The Morgan fingerprint density at radius 2 is 2.00 bits per heavy atom. The van der Waals surface area contributed by atoms with Crippen molar-refractivity contribution >= 4 is 15.9 Å². The first kappa shape index (κ1) is 16.5. The molecule has 1 heterocycles. The fourth-order valence-corrected chi connectivity index (χ4v) is 4.56. The first-order valence-corrected chi connectivity index (χ1v) is 10.1. The molecule has 0 saturated carbocycles. The minimum absolute atomic E-state index is 0.0138. The quantitative estimate of drug-likeness (QED) is 0.916. The van der Waals surface area contributed by atoms with Gasteiger partial charge < -0.3 is 5.32 Å². The average molecular weight is 336 g/mol. The van der Waals surface area contributed by atoms with Gasteiger partial charge in [-0.05, 0) is 43.2 Å².